The van der Waals surface area contributed by atoms with Gasteiger partial charge in [0.2, 0.25) is 5.89 Å². The third-order valence-corrected chi connectivity index (χ3v) is 5.20. The molecular weight excluding hydrogens is 485 g/mol. The van der Waals surface area contributed by atoms with Gasteiger partial charge in [-0.25, -0.2) is 9.37 Å². The van der Waals surface area contributed by atoms with Gasteiger partial charge in [0.1, 0.15) is 17.1 Å². The van der Waals surface area contributed by atoms with E-state index in [0.717, 1.165) is 0 Å². The molecule has 9 heteroatoms. The number of oxazole rings is 1. The van der Waals surface area contributed by atoms with E-state index in [2.05, 4.69) is 31.5 Å². The summed E-state index contributed by atoms with van der Waals surface area (Å²) in [6.07, 6.45) is 0. The van der Waals surface area contributed by atoms with E-state index in [1.165, 1.54) is 12.1 Å². The normalized spacial score (nSPS) is 10.7. The van der Waals surface area contributed by atoms with Crippen LogP contribution in [0.2, 0.25) is 0 Å². The van der Waals surface area contributed by atoms with Gasteiger partial charge in [-0.3, -0.25) is 10.1 Å². The molecule has 0 radical (unpaired) electrons. The van der Waals surface area contributed by atoms with Crippen LogP contribution in [0.1, 0.15) is 10.4 Å². The number of fused-ring (bicyclic) bond motifs is 1. The summed E-state index contributed by atoms with van der Waals surface area (Å²) in [5, 5.41) is 5.73. The summed E-state index contributed by atoms with van der Waals surface area (Å²) in [7, 11) is 1.55. The molecule has 0 saturated heterocycles. The highest BCUT2D eigenvalue weighted by molar-refractivity contribution is 9.10. The second-order valence-electron chi connectivity index (χ2n) is 6.47. The van der Waals surface area contributed by atoms with Crippen LogP contribution >= 0.6 is 28.1 Å². The number of benzene rings is 3. The Morgan fingerprint density at radius 2 is 1.90 bits per heavy atom. The lowest BCUT2D eigenvalue weighted by atomic mass is 10.2. The lowest BCUT2D eigenvalue weighted by molar-refractivity contribution is 0.0977. The van der Waals surface area contributed by atoms with Gasteiger partial charge in [-0.1, -0.05) is 0 Å². The number of thiocarbonyl (C=S) groups is 1. The average Bonchev–Trinajstić information content (AvgIpc) is 3.17. The molecule has 1 amide bonds. The first-order valence-corrected chi connectivity index (χ1v) is 10.3. The molecule has 156 valence electrons. The van der Waals surface area contributed by atoms with E-state index in [1.54, 1.807) is 55.6 Å². The maximum Gasteiger partial charge on any atom is 0.257 e. The Morgan fingerprint density at radius 1 is 1.13 bits per heavy atom. The van der Waals surface area contributed by atoms with Crippen LogP contribution in [0, 0.1) is 5.82 Å². The predicted molar refractivity (Wildman–Crippen MR) is 124 cm³/mol. The highest BCUT2D eigenvalue weighted by atomic mass is 79.9. The van der Waals surface area contributed by atoms with Crippen molar-refractivity contribution in [1.29, 1.82) is 0 Å². The minimum Gasteiger partial charge on any atom is -0.496 e. The van der Waals surface area contributed by atoms with Crippen molar-refractivity contribution in [3.8, 4) is 17.2 Å². The fourth-order valence-corrected chi connectivity index (χ4v) is 3.62. The molecule has 0 unspecified atom stereocenters. The van der Waals surface area contributed by atoms with Gasteiger partial charge in [0, 0.05) is 16.8 Å². The highest BCUT2D eigenvalue weighted by Gasteiger charge is 2.12. The van der Waals surface area contributed by atoms with E-state index >= 15 is 0 Å². The van der Waals surface area contributed by atoms with Crippen LogP contribution in [0.5, 0.6) is 5.75 Å². The third kappa shape index (κ3) is 4.73. The van der Waals surface area contributed by atoms with Gasteiger partial charge in [0.25, 0.3) is 5.91 Å². The monoisotopic (exact) mass is 499 g/mol. The first-order chi connectivity index (χ1) is 14.9. The van der Waals surface area contributed by atoms with Crippen molar-refractivity contribution >= 4 is 56.0 Å². The van der Waals surface area contributed by atoms with E-state index in [0.29, 0.717) is 44.0 Å². The molecule has 0 aliphatic carbocycles. The number of aromatic nitrogens is 1. The molecule has 1 heterocycles. The maximum atomic E-state index is 13.1. The minimum absolute atomic E-state index is 0.138. The first kappa shape index (κ1) is 21.0. The smallest absolute Gasteiger partial charge is 0.257 e. The highest BCUT2D eigenvalue weighted by Crippen LogP contribution is 2.27. The average molecular weight is 500 g/mol. The number of carbonyl (C=O) groups is 1. The molecular formula is C22H15BrFN3O3S. The number of hydrogen-bond acceptors (Lipinski definition) is 5. The van der Waals surface area contributed by atoms with Crippen molar-refractivity contribution < 1.29 is 18.3 Å². The number of anilines is 1. The fourth-order valence-electron chi connectivity index (χ4n) is 2.87. The molecule has 0 aliphatic rings. The number of nitrogens with zero attached hydrogens (tertiary/aromatic N) is 1. The molecule has 3 aromatic carbocycles. The molecule has 0 bridgehead atoms. The molecule has 31 heavy (non-hydrogen) atoms. The van der Waals surface area contributed by atoms with Gasteiger partial charge in [-0.2, -0.15) is 0 Å². The summed E-state index contributed by atoms with van der Waals surface area (Å²) in [6.45, 7) is 0. The Balaban J connectivity index is 1.46. The van der Waals surface area contributed by atoms with Gasteiger partial charge < -0.3 is 14.5 Å². The second kappa shape index (κ2) is 8.83. The lowest BCUT2D eigenvalue weighted by Gasteiger charge is -2.10. The Bertz CT molecular complexity index is 1290. The number of nitrogens with one attached hydrogen (secondary N) is 2. The van der Waals surface area contributed by atoms with Crippen molar-refractivity contribution in [3.63, 3.8) is 0 Å². The number of methoxy groups -OCH3 is 1. The number of halogens is 2. The lowest BCUT2D eigenvalue weighted by Crippen LogP contribution is -2.34. The van der Waals surface area contributed by atoms with Crippen molar-refractivity contribution in [1.82, 2.24) is 10.3 Å². The third-order valence-electron chi connectivity index (χ3n) is 4.38. The van der Waals surface area contributed by atoms with Gasteiger partial charge in [0.15, 0.2) is 10.7 Å². The summed E-state index contributed by atoms with van der Waals surface area (Å²) in [4.78, 5) is 16.9. The molecule has 1 aromatic heterocycles. The standard InChI is InChI=1S/C22H15BrFN3O3S/c1-29-18-8-4-13(10-16(18)23)20(28)27-22(31)25-15-7-9-19-17(11-15)26-21(30-19)12-2-5-14(24)6-3-12/h2-11H,1H3,(H2,25,27,28,31). The van der Waals surface area contributed by atoms with E-state index in [4.69, 9.17) is 21.4 Å². The van der Waals surface area contributed by atoms with E-state index in [1.807, 2.05) is 0 Å². The molecule has 4 aromatic rings. The van der Waals surface area contributed by atoms with E-state index in [9.17, 15) is 9.18 Å². The number of rotatable bonds is 4. The predicted octanol–water partition coefficient (Wildman–Crippen LogP) is 5.53. The molecule has 4 rings (SSSR count). The Morgan fingerprint density at radius 3 is 2.61 bits per heavy atom. The van der Waals surface area contributed by atoms with Crippen molar-refractivity contribution in [2.75, 3.05) is 12.4 Å². The Hall–Kier alpha value is -3.30. The van der Waals surface area contributed by atoms with Crippen LogP contribution in [0.15, 0.2) is 69.6 Å². The zero-order chi connectivity index (χ0) is 22.0. The fraction of sp³-hybridized carbons (Fsp3) is 0.0455. The van der Waals surface area contributed by atoms with E-state index in [-0.39, 0.29) is 16.8 Å². The SMILES string of the molecule is COc1ccc(C(=O)NC(=S)Nc2ccc3oc(-c4ccc(F)cc4)nc3c2)cc1Br. The van der Waals surface area contributed by atoms with Crippen LogP contribution in [-0.4, -0.2) is 23.1 Å². The van der Waals surface area contributed by atoms with Crippen molar-refractivity contribution in [2.45, 2.75) is 0 Å². The first-order valence-electron chi connectivity index (χ1n) is 9.05. The topological polar surface area (TPSA) is 76.4 Å². The largest absolute Gasteiger partial charge is 0.496 e. The summed E-state index contributed by atoms with van der Waals surface area (Å²) < 4.78 is 24.7. The summed E-state index contributed by atoms with van der Waals surface area (Å²) in [5.74, 6) is 0.317. The molecule has 2 N–H and O–H groups in total. The van der Waals surface area contributed by atoms with Crippen LogP contribution in [0.25, 0.3) is 22.6 Å². The summed E-state index contributed by atoms with van der Waals surface area (Å²) in [6, 6.07) is 16.1. The summed E-state index contributed by atoms with van der Waals surface area (Å²) >= 11 is 8.60. The van der Waals surface area contributed by atoms with E-state index < -0.39 is 0 Å². The Kier molecular flexibility index (Phi) is 5.97. The summed E-state index contributed by atoms with van der Waals surface area (Å²) in [5.41, 5.74) is 2.89. The van der Waals surface area contributed by atoms with Crippen molar-refractivity contribution in [3.05, 3.63) is 76.5 Å². The van der Waals surface area contributed by atoms with Gasteiger partial charge >= 0.3 is 0 Å². The minimum atomic E-state index is -0.359. The van der Waals surface area contributed by atoms with Crippen molar-refractivity contribution in [2.24, 2.45) is 0 Å². The molecule has 0 atom stereocenters. The second-order valence-corrected chi connectivity index (χ2v) is 7.73. The molecule has 6 nitrogen and oxygen atoms in total. The number of amides is 1. The molecule has 0 saturated carbocycles. The Labute approximate surface area is 190 Å². The van der Waals surface area contributed by atoms with Crippen LogP contribution in [0.3, 0.4) is 0 Å². The van der Waals surface area contributed by atoms with Crippen LogP contribution in [0.4, 0.5) is 10.1 Å². The van der Waals surface area contributed by atoms with Crippen LogP contribution in [-0.2, 0) is 0 Å². The van der Waals surface area contributed by atoms with Crippen LogP contribution < -0.4 is 15.4 Å². The number of carbonyl (C=O) groups excluding carboxylic acids is 1. The maximum absolute atomic E-state index is 13.1. The molecule has 0 aliphatic heterocycles. The zero-order valence-electron chi connectivity index (χ0n) is 16.1. The molecule has 0 spiro atoms. The van der Waals surface area contributed by atoms with Gasteiger partial charge in [-0.15, -0.1) is 0 Å². The number of ether oxygens (including phenoxy) is 1. The van der Waals surface area contributed by atoms with Gasteiger partial charge in [-0.05, 0) is 88.8 Å². The quantitative estimate of drug-likeness (QED) is 0.359. The van der Waals surface area contributed by atoms with Gasteiger partial charge in [0.05, 0.1) is 11.6 Å². The zero-order valence-corrected chi connectivity index (χ0v) is 18.5. The molecule has 0 fully saturated rings. The number of hydrogen-bond donors (Lipinski definition) is 2.